The molecular weight excluding hydrogens is 389 g/mol. The Hall–Kier alpha value is -2.97. The van der Waals surface area contributed by atoms with Gasteiger partial charge in [-0.05, 0) is 58.1 Å². The number of anilines is 1. The predicted octanol–water partition coefficient (Wildman–Crippen LogP) is 3.60. The van der Waals surface area contributed by atoms with Crippen LogP contribution in [0.4, 0.5) is 15.0 Å². The van der Waals surface area contributed by atoms with Gasteiger partial charge in [-0.25, -0.2) is 9.18 Å². The Balaban J connectivity index is 1.37. The van der Waals surface area contributed by atoms with Crippen LogP contribution in [0.5, 0.6) is 0 Å². The minimum Gasteiger partial charge on any atom is -0.465 e. The average molecular weight is 415 g/mol. The van der Waals surface area contributed by atoms with Crippen molar-refractivity contribution < 1.29 is 19.1 Å². The van der Waals surface area contributed by atoms with Crippen molar-refractivity contribution in [1.82, 2.24) is 20.1 Å². The van der Waals surface area contributed by atoms with Crippen LogP contribution in [-0.4, -0.2) is 48.8 Å². The molecule has 0 aromatic carbocycles. The Morgan fingerprint density at radius 3 is 2.83 bits per heavy atom. The molecular formula is C21H26FN5O3. The number of carbonyl (C=O) groups excluding carboxylic acids is 1. The number of carboxylic acid groups (broad SMARTS) is 1. The van der Waals surface area contributed by atoms with E-state index in [2.05, 4.69) is 20.5 Å². The first-order valence-electron chi connectivity index (χ1n) is 10.2. The molecule has 2 aromatic heterocycles. The summed E-state index contributed by atoms with van der Waals surface area (Å²) in [6, 6.07) is 4.63. The van der Waals surface area contributed by atoms with E-state index in [0.717, 1.165) is 37.8 Å². The SMILES string of the molecule is Cc1ccc(F)c(CC(=O)Nc2cc(C3CCC(N(C(=O)O)C4(C)CC4)C3)[nH]n2)n1. The predicted molar refractivity (Wildman–Crippen MR) is 108 cm³/mol. The number of H-pyrrole nitrogens is 1. The van der Waals surface area contributed by atoms with E-state index in [1.54, 1.807) is 24.0 Å². The number of halogens is 1. The van der Waals surface area contributed by atoms with Crippen LogP contribution in [0.2, 0.25) is 0 Å². The monoisotopic (exact) mass is 415 g/mol. The summed E-state index contributed by atoms with van der Waals surface area (Å²) in [4.78, 5) is 29.7. The van der Waals surface area contributed by atoms with E-state index in [9.17, 15) is 19.1 Å². The van der Waals surface area contributed by atoms with E-state index in [1.807, 2.05) is 6.92 Å². The molecule has 2 aliphatic rings. The maximum absolute atomic E-state index is 13.8. The zero-order chi connectivity index (χ0) is 21.5. The highest BCUT2D eigenvalue weighted by Crippen LogP contribution is 2.47. The van der Waals surface area contributed by atoms with E-state index in [-0.39, 0.29) is 29.6 Å². The molecule has 4 rings (SSSR count). The summed E-state index contributed by atoms with van der Waals surface area (Å²) in [7, 11) is 0. The quantitative estimate of drug-likeness (QED) is 0.667. The van der Waals surface area contributed by atoms with Gasteiger partial charge in [0.25, 0.3) is 0 Å². The highest BCUT2D eigenvalue weighted by molar-refractivity contribution is 5.91. The molecule has 2 aromatic rings. The first-order chi connectivity index (χ1) is 14.2. The molecule has 3 N–H and O–H groups in total. The van der Waals surface area contributed by atoms with Crippen molar-refractivity contribution in [3.05, 3.63) is 41.1 Å². The number of nitrogens with zero attached hydrogens (tertiary/aromatic N) is 3. The van der Waals surface area contributed by atoms with Crippen LogP contribution >= 0.6 is 0 Å². The summed E-state index contributed by atoms with van der Waals surface area (Å²) in [5.41, 5.74) is 1.40. The third-order valence-electron chi connectivity index (χ3n) is 6.22. The van der Waals surface area contributed by atoms with Crippen LogP contribution in [0.1, 0.15) is 62.0 Å². The normalized spacial score (nSPS) is 22.0. The van der Waals surface area contributed by atoms with Gasteiger partial charge >= 0.3 is 6.09 Å². The summed E-state index contributed by atoms with van der Waals surface area (Å²) in [5, 5.41) is 19.4. The van der Waals surface area contributed by atoms with Crippen LogP contribution < -0.4 is 5.32 Å². The van der Waals surface area contributed by atoms with Gasteiger partial charge in [0.15, 0.2) is 5.82 Å². The number of aromatic amines is 1. The van der Waals surface area contributed by atoms with Gasteiger partial charge in [-0.1, -0.05) is 0 Å². The van der Waals surface area contributed by atoms with Crippen molar-refractivity contribution >= 4 is 17.8 Å². The highest BCUT2D eigenvalue weighted by atomic mass is 19.1. The van der Waals surface area contributed by atoms with E-state index in [1.165, 1.54) is 6.07 Å². The fourth-order valence-corrected chi connectivity index (χ4v) is 4.39. The molecule has 2 atom stereocenters. The van der Waals surface area contributed by atoms with Crippen LogP contribution in [0.25, 0.3) is 0 Å². The molecule has 30 heavy (non-hydrogen) atoms. The minimum absolute atomic E-state index is 0.00305. The second-order valence-corrected chi connectivity index (χ2v) is 8.63. The van der Waals surface area contributed by atoms with Gasteiger partial charge in [-0.3, -0.25) is 19.8 Å². The zero-order valence-corrected chi connectivity index (χ0v) is 17.1. The minimum atomic E-state index is -0.852. The summed E-state index contributed by atoms with van der Waals surface area (Å²) < 4.78 is 13.8. The second-order valence-electron chi connectivity index (χ2n) is 8.63. The molecule has 2 saturated carbocycles. The molecule has 0 saturated heterocycles. The molecule has 2 aliphatic carbocycles. The average Bonchev–Trinajstić information content (AvgIpc) is 3.07. The number of aryl methyl sites for hydroxylation is 1. The number of hydrogen-bond acceptors (Lipinski definition) is 4. The maximum Gasteiger partial charge on any atom is 0.408 e. The van der Waals surface area contributed by atoms with Gasteiger partial charge in [0.2, 0.25) is 5.91 Å². The third kappa shape index (κ3) is 4.15. The standard InChI is InChI=1S/C21H26FN5O3/c1-12-3-6-15(22)17(23-12)11-19(28)24-18-10-16(25-26-18)13-4-5-14(9-13)27(20(29)30)21(2)7-8-21/h3,6,10,13-14H,4-5,7-9,11H2,1-2H3,(H,29,30)(H2,24,25,26,28). The van der Waals surface area contributed by atoms with Crippen molar-refractivity contribution in [2.24, 2.45) is 0 Å². The zero-order valence-electron chi connectivity index (χ0n) is 17.1. The molecule has 2 unspecified atom stereocenters. The third-order valence-corrected chi connectivity index (χ3v) is 6.22. The summed E-state index contributed by atoms with van der Waals surface area (Å²) in [6.07, 6.45) is 3.21. The number of carbonyl (C=O) groups is 2. The number of rotatable bonds is 6. The highest BCUT2D eigenvalue weighted by Gasteiger charge is 2.50. The van der Waals surface area contributed by atoms with Crippen molar-refractivity contribution in [3.8, 4) is 0 Å². The molecule has 0 spiro atoms. The lowest BCUT2D eigenvalue weighted by Crippen LogP contribution is -2.45. The van der Waals surface area contributed by atoms with E-state index in [4.69, 9.17) is 0 Å². The lowest BCUT2D eigenvalue weighted by atomic mass is 10.0. The van der Waals surface area contributed by atoms with Crippen LogP contribution in [0.15, 0.2) is 18.2 Å². The molecule has 2 amide bonds. The number of amides is 2. The molecule has 2 fully saturated rings. The number of pyridine rings is 1. The summed E-state index contributed by atoms with van der Waals surface area (Å²) in [5.74, 6) is -0.375. The molecule has 8 nitrogen and oxygen atoms in total. The largest absolute Gasteiger partial charge is 0.465 e. The fourth-order valence-electron chi connectivity index (χ4n) is 4.39. The van der Waals surface area contributed by atoms with Gasteiger partial charge in [0.05, 0.1) is 12.1 Å². The smallest absolute Gasteiger partial charge is 0.408 e. The van der Waals surface area contributed by atoms with Gasteiger partial charge < -0.3 is 10.4 Å². The second kappa shape index (κ2) is 7.70. The molecule has 2 heterocycles. The van der Waals surface area contributed by atoms with E-state index in [0.29, 0.717) is 11.5 Å². The first kappa shape index (κ1) is 20.3. The molecule has 9 heteroatoms. The van der Waals surface area contributed by atoms with Gasteiger partial charge in [-0.15, -0.1) is 0 Å². The fraction of sp³-hybridized carbons (Fsp3) is 0.524. The Morgan fingerprint density at radius 1 is 1.37 bits per heavy atom. The van der Waals surface area contributed by atoms with Crippen molar-refractivity contribution in [2.45, 2.75) is 69.9 Å². The number of hydrogen-bond donors (Lipinski definition) is 3. The number of aromatic nitrogens is 3. The van der Waals surface area contributed by atoms with Gasteiger partial charge in [0.1, 0.15) is 5.82 Å². The number of nitrogens with one attached hydrogen (secondary N) is 2. The van der Waals surface area contributed by atoms with E-state index >= 15 is 0 Å². The summed E-state index contributed by atoms with van der Waals surface area (Å²) in [6.45, 7) is 3.75. The first-order valence-corrected chi connectivity index (χ1v) is 10.2. The topological polar surface area (TPSA) is 111 Å². The van der Waals surface area contributed by atoms with Crippen LogP contribution in [0, 0.1) is 12.7 Å². The van der Waals surface area contributed by atoms with Crippen LogP contribution in [0.3, 0.4) is 0 Å². The van der Waals surface area contributed by atoms with Gasteiger partial charge in [0, 0.05) is 35.0 Å². The summed E-state index contributed by atoms with van der Waals surface area (Å²) >= 11 is 0. The Labute approximate surface area is 173 Å². The van der Waals surface area contributed by atoms with Crippen molar-refractivity contribution in [3.63, 3.8) is 0 Å². The van der Waals surface area contributed by atoms with Crippen LogP contribution in [-0.2, 0) is 11.2 Å². The molecule has 160 valence electrons. The Morgan fingerprint density at radius 2 is 2.13 bits per heavy atom. The van der Waals surface area contributed by atoms with Gasteiger partial charge in [-0.2, -0.15) is 5.10 Å². The van der Waals surface area contributed by atoms with E-state index < -0.39 is 17.8 Å². The lowest BCUT2D eigenvalue weighted by molar-refractivity contribution is -0.115. The molecule has 0 bridgehead atoms. The van der Waals surface area contributed by atoms with Crippen molar-refractivity contribution in [2.75, 3.05) is 5.32 Å². The van der Waals surface area contributed by atoms with Crippen molar-refractivity contribution in [1.29, 1.82) is 0 Å². The maximum atomic E-state index is 13.8. The Bertz CT molecular complexity index is 971. The molecule has 0 radical (unpaired) electrons. The Kier molecular flexibility index (Phi) is 5.21. The molecule has 0 aliphatic heterocycles. The lowest BCUT2D eigenvalue weighted by Gasteiger charge is -2.32.